The number of likely N-dealkylation sites (N-methyl/N-ethyl adjacent to an activating group) is 1. The number of piperidine rings is 1. The minimum absolute atomic E-state index is 0.0413. The molecule has 1 fully saturated rings. The summed E-state index contributed by atoms with van der Waals surface area (Å²) in [5.41, 5.74) is 2.39. The second kappa shape index (κ2) is 15.2. The van der Waals surface area contributed by atoms with Gasteiger partial charge in [-0.2, -0.15) is 0 Å². The average molecular weight is 653 g/mol. The number of hydrogen-bond acceptors (Lipinski definition) is 8. The van der Waals surface area contributed by atoms with Gasteiger partial charge in [-0.05, 0) is 99.4 Å². The fourth-order valence-electron chi connectivity index (χ4n) is 5.82. The van der Waals surface area contributed by atoms with E-state index in [0.717, 1.165) is 55.0 Å². The van der Waals surface area contributed by atoms with Crippen LogP contribution < -0.4 is 14.4 Å². The van der Waals surface area contributed by atoms with Crippen molar-refractivity contribution >= 4 is 41.1 Å². The lowest BCUT2D eigenvalue weighted by Crippen LogP contribution is -2.46. The van der Waals surface area contributed by atoms with Gasteiger partial charge in [-0.1, -0.05) is 18.2 Å². The molecule has 0 aromatic heterocycles. The van der Waals surface area contributed by atoms with E-state index in [1.165, 1.54) is 12.1 Å². The molecule has 1 atom stereocenters. The van der Waals surface area contributed by atoms with E-state index < -0.39 is 16.7 Å². The summed E-state index contributed by atoms with van der Waals surface area (Å²) in [6.45, 7) is 2.49. The monoisotopic (exact) mass is 652 g/mol. The van der Waals surface area contributed by atoms with Crippen LogP contribution in [0, 0.1) is 11.7 Å². The summed E-state index contributed by atoms with van der Waals surface area (Å²) in [6.07, 6.45) is 3.03. The van der Waals surface area contributed by atoms with Crippen LogP contribution in [0.1, 0.15) is 41.6 Å². The van der Waals surface area contributed by atoms with E-state index in [2.05, 4.69) is 11.0 Å². The van der Waals surface area contributed by atoms with Crippen LogP contribution in [0.4, 0.5) is 10.1 Å². The molecule has 0 radical (unpaired) electrons. The number of para-hydroxylation sites is 1. The fraction of sp³-hybridized carbons (Fsp3) is 0.353. The van der Waals surface area contributed by atoms with Gasteiger partial charge in [0.1, 0.15) is 10.6 Å². The molecule has 2 aliphatic heterocycles. The van der Waals surface area contributed by atoms with Crippen molar-refractivity contribution < 1.29 is 43.3 Å². The quantitative estimate of drug-likeness (QED) is 0.231. The number of fused-ring (bicyclic) bond motifs is 1. The Balaban J connectivity index is 0.000000731. The fourth-order valence-corrected chi connectivity index (χ4v) is 7.37. The molecule has 2 heterocycles. The van der Waals surface area contributed by atoms with Crippen LogP contribution >= 0.6 is 11.8 Å². The summed E-state index contributed by atoms with van der Waals surface area (Å²) in [6, 6.07) is 19.6. The number of thioether (sulfide) groups is 1. The average Bonchev–Trinajstić information content (AvgIpc) is 3.07. The van der Waals surface area contributed by atoms with Crippen molar-refractivity contribution in [2.24, 2.45) is 5.92 Å². The summed E-state index contributed by atoms with van der Waals surface area (Å²) in [5.74, 6) is -2.65. The standard InChI is InChI=1S/C32H35FN2O4S.C2H2O4/c1-34-26-7-4-5-8-29(26)40-32(31(34)37,24-11-14-27(38-2)28(21-24)39-3)17-6-18-35-19-15-23(16-20-35)30(36)22-9-12-25(33)13-10-22;3-1(4)2(5)6/h4-5,7-14,21,23H,6,15-20H2,1-3H3;(H,3,4)(H,5,6). The highest BCUT2D eigenvalue weighted by atomic mass is 32.2. The third kappa shape index (κ3) is 7.68. The number of ether oxygens (including phenoxy) is 2. The van der Waals surface area contributed by atoms with Crippen LogP contribution in [0.15, 0.2) is 71.6 Å². The number of aliphatic carboxylic acids is 2. The minimum atomic E-state index is -1.82. The number of anilines is 1. The van der Waals surface area contributed by atoms with Gasteiger partial charge in [-0.3, -0.25) is 9.59 Å². The molecule has 3 aromatic rings. The number of carboxylic acids is 2. The highest BCUT2D eigenvalue weighted by Crippen LogP contribution is 2.53. The van der Waals surface area contributed by atoms with E-state index in [1.54, 1.807) is 43.0 Å². The van der Waals surface area contributed by atoms with Crippen molar-refractivity contribution in [3.05, 3.63) is 83.7 Å². The maximum atomic E-state index is 14.1. The van der Waals surface area contributed by atoms with Gasteiger partial charge < -0.3 is 29.5 Å². The van der Waals surface area contributed by atoms with E-state index in [-0.39, 0.29) is 23.4 Å². The molecule has 1 unspecified atom stereocenters. The Morgan fingerprint density at radius 1 is 0.935 bits per heavy atom. The SMILES string of the molecule is COc1ccc(C2(CCCN3CCC(C(=O)c4ccc(F)cc4)CC3)Sc3ccccc3N(C)C2=O)cc1OC.O=C(O)C(=O)O. The van der Waals surface area contributed by atoms with Crippen molar-refractivity contribution in [1.82, 2.24) is 4.90 Å². The number of methoxy groups -OCH3 is 2. The van der Waals surface area contributed by atoms with Crippen molar-refractivity contribution in [3.8, 4) is 11.5 Å². The molecular weight excluding hydrogens is 615 g/mol. The lowest BCUT2D eigenvalue weighted by molar-refractivity contribution is -0.159. The van der Waals surface area contributed by atoms with Gasteiger partial charge in [0, 0.05) is 23.4 Å². The van der Waals surface area contributed by atoms with Gasteiger partial charge in [0.05, 0.1) is 19.9 Å². The highest BCUT2D eigenvalue weighted by Gasteiger charge is 2.47. The first kappa shape index (κ1) is 34.5. The number of halogens is 1. The molecule has 0 spiro atoms. The zero-order valence-corrected chi connectivity index (χ0v) is 26.7. The summed E-state index contributed by atoms with van der Waals surface area (Å²) >= 11 is 1.61. The van der Waals surface area contributed by atoms with Crippen LogP contribution in [0.5, 0.6) is 11.5 Å². The first-order valence-electron chi connectivity index (χ1n) is 14.8. The van der Waals surface area contributed by atoms with Crippen LogP contribution in [-0.4, -0.2) is 79.6 Å². The number of nitrogens with zero attached hydrogens (tertiary/aromatic N) is 2. The molecule has 3 aromatic carbocycles. The van der Waals surface area contributed by atoms with Crippen molar-refractivity contribution in [1.29, 1.82) is 0 Å². The third-order valence-electron chi connectivity index (χ3n) is 8.28. The Labute approximate surface area is 271 Å². The third-order valence-corrected chi connectivity index (χ3v) is 9.81. The van der Waals surface area contributed by atoms with Gasteiger partial charge >= 0.3 is 11.9 Å². The predicted octanol–water partition coefficient (Wildman–Crippen LogP) is 5.34. The largest absolute Gasteiger partial charge is 0.493 e. The predicted molar refractivity (Wildman–Crippen MR) is 171 cm³/mol. The Morgan fingerprint density at radius 3 is 2.17 bits per heavy atom. The Morgan fingerprint density at radius 2 is 1.57 bits per heavy atom. The molecule has 0 saturated carbocycles. The van der Waals surface area contributed by atoms with E-state index in [9.17, 15) is 14.0 Å². The Kier molecular flexibility index (Phi) is 11.4. The molecule has 2 aliphatic rings. The van der Waals surface area contributed by atoms with Gasteiger partial charge in [0.15, 0.2) is 17.3 Å². The summed E-state index contributed by atoms with van der Waals surface area (Å²) in [5, 5.41) is 14.8. The number of hydrogen-bond donors (Lipinski definition) is 2. The number of amides is 1. The van der Waals surface area contributed by atoms with Gasteiger partial charge in [0.25, 0.3) is 0 Å². The van der Waals surface area contributed by atoms with Crippen LogP contribution in [-0.2, 0) is 19.1 Å². The lowest BCUT2D eigenvalue weighted by Gasteiger charge is -2.41. The van der Waals surface area contributed by atoms with E-state index in [4.69, 9.17) is 29.3 Å². The molecule has 0 aliphatic carbocycles. The van der Waals surface area contributed by atoms with Crippen molar-refractivity contribution in [3.63, 3.8) is 0 Å². The molecule has 0 bridgehead atoms. The Bertz CT molecular complexity index is 1560. The number of benzene rings is 3. The van der Waals surface area contributed by atoms with E-state index in [0.29, 0.717) is 23.5 Å². The smallest absolute Gasteiger partial charge is 0.414 e. The second-order valence-electron chi connectivity index (χ2n) is 11.0. The Hall–Kier alpha value is -4.42. The lowest BCUT2D eigenvalue weighted by atomic mass is 9.88. The molecule has 2 N–H and O–H groups in total. The summed E-state index contributed by atoms with van der Waals surface area (Å²) in [7, 11) is 5.06. The molecule has 46 heavy (non-hydrogen) atoms. The van der Waals surface area contributed by atoms with E-state index >= 15 is 0 Å². The molecular formula is C34H37FN2O8S. The topological polar surface area (TPSA) is 134 Å². The van der Waals surface area contributed by atoms with Crippen LogP contribution in [0.3, 0.4) is 0 Å². The molecule has 5 rings (SSSR count). The molecule has 10 nitrogen and oxygen atoms in total. The number of rotatable bonds is 9. The van der Waals surface area contributed by atoms with Crippen LogP contribution in [0.25, 0.3) is 0 Å². The highest BCUT2D eigenvalue weighted by molar-refractivity contribution is 8.01. The number of carbonyl (C=O) groups is 4. The molecule has 12 heteroatoms. The number of ketones is 1. The van der Waals surface area contributed by atoms with Gasteiger partial charge in [-0.15, -0.1) is 11.8 Å². The number of carbonyl (C=O) groups excluding carboxylic acids is 2. The maximum Gasteiger partial charge on any atom is 0.414 e. The van der Waals surface area contributed by atoms with Crippen molar-refractivity contribution in [2.45, 2.75) is 35.3 Å². The second-order valence-corrected chi connectivity index (χ2v) is 12.4. The minimum Gasteiger partial charge on any atom is -0.493 e. The summed E-state index contributed by atoms with van der Waals surface area (Å²) in [4.78, 5) is 50.4. The number of likely N-dealkylation sites (tertiary alicyclic amines) is 1. The zero-order valence-electron chi connectivity index (χ0n) is 25.9. The zero-order chi connectivity index (χ0) is 33.4. The van der Waals surface area contributed by atoms with Gasteiger partial charge in [-0.25, -0.2) is 14.0 Å². The maximum absolute atomic E-state index is 14.1. The number of Topliss-reactive ketones (excluding diaryl/α,β-unsaturated/α-hetero) is 1. The number of carboxylic acid groups (broad SMARTS) is 2. The van der Waals surface area contributed by atoms with Crippen molar-refractivity contribution in [2.75, 3.05) is 45.8 Å². The van der Waals surface area contributed by atoms with E-state index in [1.807, 2.05) is 43.4 Å². The molecule has 1 amide bonds. The molecule has 244 valence electrons. The van der Waals surface area contributed by atoms with Gasteiger partial charge in [0.2, 0.25) is 5.91 Å². The normalized spacial score (nSPS) is 18.2. The molecule has 1 saturated heterocycles. The first-order chi connectivity index (χ1) is 22.0. The first-order valence-corrected chi connectivity index (χ1v) is 15.6. The van der Waals surface area contributed by atoms with Crippen LogP contribution in [0.2, 0.25) is 0 Å². The summed E-state index contributed by atoms with van der Waals surface area (Å²) < 4.78 is 23.5.